The highest BCUT2D eigenvalue weighted by atomic mass is 15.2. The van der Waals surface area contributed by atoms with E-state index in [4.69, 9.17) is 4.99 Å². The number of hydrogen-bond donors (Lipinski definition) is 2. The minimum atomic E-state index is 0.440. The zero-order valence-corrected chi connectivity index (χ0v) is 15.6. The number of aliphatic imine (C=N–C) groups is 1. The smallest absolute Gasteiger partial charge is 0.191 e. The Morgan fingerprint density at radius 2 is 1.75 bits per heavy atom. The molecular formula is C20H34N4. The summed E-state index contributed by atoms with van der Waals surface area (Å²) in [6.07, 6.45) is 5.19. The third-order valence-electron chi connectivity index (χ3n) is 4.64. The number of hydrogen-bond acceptors (Lipinski definition) is 2. The van der Waals surface area contributed by atoms with Crippen molar-refractivity contribution in [2.45, 2.75) is 65.6 Å². The van der Waals surface area contributed by atoms with Crippen molar-refractivity contribution < 1.29 is 0 Å². The molecule has 1 atom stereocenters. The number of piperidine rings is 1. The first-order chi connectivity index (χ1) is 11.7. The quantitative estimate of drug-likeness (QED) is 0.593. The van der Waals surface area contributed by atoms with Crippen LogP contribution in [0.5, 0.6) is 0 Å². The standard InChI is InChI=1S/C20H34N4/c1-4-17(3)23-20(21-5-2)22-15-18-9-11-19(12-10-18)16-24-13-7-6-8-14-24/h9-12,17H,4-8,13-16H2,1-3H3,(H2,21,22,23). The Balaban J connectivity index is 1.88. The minimum absolute atomic E-state index is 0.440. The van der Waals surface area contributed by atoms with Gasteiger partial charge in [0.15, 0.2) is 5.96 Å². The van der Waals surface area contributed by atoms with Gasteiger partial charge in [0.25, 0.3) is 0 Å². The average Bonchev–Trinajstić information content (AvgIpc) is 2.62. The van der Waals surface area contributed by atoms with Gasteiger partial charge in [-0.05, 0) is 57.3 Å². The first-order valence-corrected chi connectivity index (χ1v) is 9.56. The predicted octanol–water partition coefficient (Wildman–Crippen LogP) is 3.53. The van der Waals surface area contributed by atoms with Crippen LogP contribution in [0.1, 0.15) is 57.6 Å². The molecule has 1 aliphatic heterocycles. The van der Waals surface area contributed by atoms with Gasteiger partial charge in [-0.25, -0.2) is 4.99 Å². The average molecular weight is 331 g/mol. The molecule has 0 radical (unpaired) electrons. The van der Waals surface area contributed by atoms with Crippen molar-refractivity contribution in [1.82, 2.24) is 15.5 Å². The molecule has 1 unspecified atom stereocenters. The lowest BCUT2D eigenvalue weighted by Crippen LogP contribution is -2.41. The zero-order valence-electron chi connectivity index (χ0n) is 15.6. The normalized spacial score (nSPS) is 17.5. The molecule has 24 heavy (non-hydrogen) atoms. The van der Waals surface area contributed by atoms with Gasteiger partial charge >= 0.3 is 0 Å². The lowest BCUT2D eigenvalue weighted by atomic mass is 10.1. The first kappa shape index (κ1) is 18.8. The molecule has 1 aromatic rings. The Hall–Kier alpha value is -1.55. The molecule has 1 saturated heterocycles. The van der Waals surface area contributed by atoms with Crippen LogP contribution in [0.25, 0.3) is 0 Å². The Morgan fingerprint density at radius 3 is 2.38 bits per heavy atom. The van der Waals surface area contributed by atoms with E-state index < -0.39 is 0 Å². The lowest BCUT2D eigenvalue weighted by Gasteiger charge is -2.26. The second kappa shape index (κ2) is 10.3. The third-order valence-corrected chi connectivity index (χ3v) is 4.64. The highest BCUT2D eigenvalue weighted by Gasteiger charge is 2.10. The van der Waals surface area contributed by atoms with Gasteiger partial charge in [0.05, 0.1) is 6.54 Å². The molecule has 0 spiro atoms. The van der Waals surface area contributed by atoms with E-state index >= 15 is 0 Å². The Labute approximate surface area is 147 Å². The molecular weight excluding hydrogens is 296 g/mol. The molecule has 1 aromatic carbocycles. The van der Waals surface area contributed by atoms with E-state index in [1.54, 1.807) is 0 Å². The summed E-state index contributed by atoms with van der Waals surface area (Å²) in [5, 5.41) is 6.75. The van der Waals surface area contributed by atoms with Crippen LogP contribution in [0.15, 0.2) is 29.3 Å². The van der Waals surface area contributed by atoms with E-state index in [9.17, 15) is 0 Å². The molecule has 134 valence electrons. The van der Waals surface area contributed by atoms with Crippen LogP contribution in [-0.2, 0) is 13.1 Å². The van der Waals surface area contributed by atoms with Crippen LogP contribution in [-0.4, -0.2) is 36.5 Å². The van der Waals surface area contributed by atoms with Crippen molar-refractivity contribution in [3.8, 4) is 0 Å². The summed E-state index contributed by atoms with van der Waals surface area (Å²) >= 11 is 0. The second-order valence-corrected chi connectivity index (χ2v) is 6.80. The second-order valence-electron chi connectivity index (χ2n) is 6.80. The van der Waals surface area contributed by atoms with Gasteiger partial charge in [0, 0.05) is 19.1 Å². The topological polar surface area (TPSA) is 39.7 Å². The Morgan fingerprint density at radius 1 is 1.08 bits per heavy atom. The number of nitrogens with one attached hydrogen (secondary N) is 2. The molecule has 1 aliphatic rings. The fourth-order valence-corrected chi connectivity index (χ4v) is 2.95. The summed E-state index contributed by atoms with van der Waals surface area (Å²) in [4.78, 5) is 7.27. The molecule has 0 bridgehead atoms. The van der Waals surface area contributed by atoms with Crippen molar-refractivity contribution >= 4 is 5.96 Å². The lowest BCUT2D eigenvalue weighted by molar-refractivity contribution is 0.221. The molecule has 2 rings (SSSR count). The number of rotatable bonds is 7. The maximum atomic E-state index is 4.70. The third kappa shape index (κ3) is 6.52. The van der Waals surface area contributed by atoms with Crippen molar-refractivity contribution in [2.75, 3.05) is 19.6 Å². The maximum absolute atomic E-state index is 4.70. The molecule has 4 nitrogen and oxygen atoms in total. The number of benzene rings is 1. The predicted molar refractivity (Wildman–Crippen MR) is 103 cm³/mol. The summed E-state index contributed by atoms with van der Waals surface area (Å²) < 4.78 is 0. The van der Waals surface area contributed by atoms with Crippen LogP contribution < -0.4 is 10.6 Å². The summed E-state index contributed by atoms with van der Waals surface area (Å²) in [6, 6.07) is 9.39. The number of nitrogens with zero attached hydrogens (tertiary/aromatic N) is 2. The van der Waals surface area contributed by atoms with Gasteiger partial charge in [-0.1, -0.05) is 37.6 Å². The SMILES string of the molecule is CCNC(=NCc1ccc(CN2CCCCC2)cc1)NC(C)CC. The molecule has 0 amide bonds. The summed E-state index contributed by atoms with van der Waals surface area (Å²) in [6.45, 7) is 11.7. The highest BCUT2D eigenvalue weighted by Crippen LogP contribution is 2.14. The fourth-order valence-electron chi connectivity index (χ4n) is 2.95. The van der Waals surface area contributed by atoms with Crippen LogP contribution in [0.3, 0.4) is 0 Å². The van der Waals surface area contributed by atoms with E-state index in [2.05, 4.69) is 60.6 Å². The van der Waals surface area contributed by atoms with Crippen molar-refractivity contribution in [3.05, 3.63) is 35.4 Å². The van der Waals surface area contributed by atoms with Gasteiger partial charge in [0.1, 0.15) is 0 Å². The van der Waals surface area contributed by atoms with E-state index in [-0.39, 0.29) is 0 Å². The monoisotopic (exact) mass is 330 g/mol. The minimum Gasteiger partial charge on any atom is -0.357 e. The van der Waals surface area contributed by atoms with Crippen LogP contribution >= 0.6 is 0 Å². The Kier molecular flexibility index (Phi) is 8.10. The van der Waals surface area contributed by atoms with E-state index in [1.165, 1.54) is 43.5 Å². The molecule has 1 heterocycles. The summed E-state index contributed by atoms with van der Waals surface area (Å²) in [5.41, 5.74) is 2.67. The highest BCUT2D eigenvalue weighted by molar-refractivity contribution is 5.80. The molecule has 4 heteroatoms. The van der Waals surface area contributed by atoms with Crippen molar-refractivity contribution in [3.63, 3.8) is 0 Å². The van der Waals surface area contributed by atoms with Crippen molar-refractivity contribution in [2.24, 2.45) is 4.99 Å². The van der Waals surface area contributed by atoms with Crippen molar-refractivity contribution in [1.29, 1.82) is 0 Å². The number of guanidine groups is 1. The van der Waals surface area contributed by atoms with E-state index in [0.717, 1.165) is 32.0 Å². The molecule has 0 saturated carbocycles. The van der Waals surface area contributed by atoms with Crippen LogP contribution in [0.4, 0.5) is 0 Å². The maximum Gasteiger partial charge on any atom is 0.191 e. The van der Waals surface area contributed by atoms with Gasteiger partial charge in [-0.2, -0.15) is 0 Å². The molecule has 0 aromatic heterocycles. The molecule has 2 N–H and O–H groups in total. The molecule has 0 aliphatic carbocycles. The van der Waals surface area contributed by atoms with Gasteiger partial charge in [-0.15, -0.1) is 0 Å². The Bertz CT molecular complexity index is 489. The molecule has 1 fully saturated rings. The van der Waals surface area contributed by atoms with E-state index in [0.29, 0.717) is 6.04 Å². The van der Waals surface area contributed by atoms with Crippen LogP contribution in [0.2, 0.25) is 0 Å². The largest absolute Gasteiger partial charge is 0.357 e. The summed E-state index contributed by atoms with van der Waals surface area (Å²) in [5.74, 6) is 0.907. The van der Waals surface area contributed by atoms with Gasteiger partial charge in [0.2, 0.25) is 0 Å². The first-order valence-electron chi connectivity index (χ1n) is 9.56. The number of likely N-dealkylation sites (tertiary alicyclic amines) is 1. The van der Waals surface area contributed by atoms with Gasteiger partial charge in [-0.3, -0.25) is 4.90 Å². The fraction of sp³-hybridized carbons (Fsp3) is 0.650. The van der Waals surface area contributed by atoms with Crippen LogP contribution in [0, 0.1) is 0 Å². The van der Waals surface area contributed by atoms with Gasteiger partial charge < -0.3 is 10.6 Å². The zero-order chi connectivity index (χ0) is 17.2. The van der Waals surface area contributed by atoms with E-state index in [1.807, 2.05) is 0 Å². The summed E-state index contributed by atoms with van der Waals surface area (Å²) in [7, 11) is 0.